The first kappa shape index (κ1) is 14.4. The van der Waals surface area contributed by atoms with Crippen molar-refractivity contribution < 1.29 is 9.84 Å². The van der Waals surface area contributed by atoms with Crippen LogP contribution in [0, 0.1) is 11.8 Å². The van der Waals surface area contributed by atoms with Crippen LogP contribution in [-0.2, 0) is 0 Å². The molecule has 3 atom stereocenters. The summed E-state index contributed by atoms with van der Waals surface area (Å²) in [7, 11) is 0. The van der Waals surface area contributed by atoms with Crippen LogP contribution in [0.5, 0.6) is 11.8 Å². The molecule has 1 saturated carbocycles. The lowest BCUT2D eigenvalue weighted by atomic mass is 10.1. The number of rotatable bonds is 4. The van der Waals surface area contributed by atoms with E-state index >= 15 is 0 Å². The highest BCUT2D eigenvalue weighted by Gasteiger charge is 2.55. The Hall–Kier alpha value is -3.00. The fraction of sp³-hybridized carbons (Fsp3) is 0.294. The fourth-order valence-electron chi connectivity index (χ4n) is 3.41. The molecular weight excluding hydrogens is 320 g/mol. The molecule has 1 aliphatic heterocycles. The van der Waals surface area contributed by atoms with E-state index in [4.69, 9.17) is 4.74 Å². The van der Waals surface area contributed by atoms with Gasteiger partial charge in [-0.1, -0.05) is 5.10 Å². The molecule has 0 spiro atoms. The summed E-state index contributed by atoms with van der Waals surface area (Å²) in [5.74, 6) is 1.25. The van der Waals surface area contributed by atoms with Crippen LogP contribution in [0.3, 0.4) is 0 Å². The van der Waals surface area contributed by atoms with E-state index in [1.807, 2.05) is 16.8 Å². The Bertz CT molecular complexity index is 886. The quantitative estimate of drug-likeness (QED) is 0.734. The van der Waals surface area contributed by atoms with Crippen molar-refractivity contribution >= 4 is 0 Å². The van der Waals surface area contributed by atoms with Gasteiger partial charge in [-0.25, -0.2) is 9.97 Å². The molecule has 2 N–H and O–H groups in total. The van der Waals surface area contributed by atoms with Gasteiger partial charge in [-0.05, 0) is 12.1 Å². The number of hydrogen-bond acceptors (Lipinski definition) is 7. The lowest BCUT2D eigenvalue weighted by molar-refractivity contribution is 0.238. The van der Waals surface area contributed by atoms with Gasteiger partial charge < -0.3 is 19.7 Å². The van der Waals surface area contributed by atoms with E-state index in [0.29, 0.717) is 23.1 Å². The maximum Gasteiger partial charge on any atom is 0.335 e. The Balaban J connectivity index is 1.34. The van der Waals surface area contributed by atoms with Gasteiger partial charge in [-0.2, -0.15) is 0 Å². The van der Waals surface area contributed by atoms with E-state index in [9.17, 15) is 5.11 Å². The van der Waals surface area contributed by atoms with Crippen molar-refractivity contribution in [3.05, 3.63) is 43.1 Å². The minimum absolute atomic E-state index is 0.110. The minimum atomic E-state index is 0.110. The lowest BCUT2D eigenvalue weighted by Crippen LogP contribution is -2.20. The third kappa shape index (κ3) is 2.51. The summed E-state index contributed by atoms with van der Waals surface area (Å²) in [5, 5.41) is 21.8. The van der Waals surface area contributed by atoms with Crippen LogP contribution in [0.4, 0.5) is 0 Å². The maximum atomic E-state index is 10.3. The van der Waals surface area contributed by atoms with Crippen molar-refractivity contribution in [2.24, 2.45) is 11.8 Å². The number of piperidine rings is 1. The molecule has 1 aliphatic carbocycles. The maximum absolute atomic E-state index is 10.3. The van der Waals surface area contributed by atoms with Crippen LogP contribution in [-0.4, -0.2) is 49.0 Å². The summed E-state index contributed by atoms with van der Waals surface area (Å²) in [6.45, 7) is 2.00. The molecule has 3 aromatic rings. The molecule has 5 rings (SSSR count). The third-order valence-electron chi connectivity index (χ3n) is 4.85. The van der Waals surface area contributed by atoms with E-state index < -0.39 is 0 Å². The molecule has 2 aliphatic rings. The zero-order valence-electron chi connectivity index (χ0n) is 13.3. The highest BCUT2D eigenvalue weighted by molar-refractivity contribution is 5.67. The Labute approximate surface area is 143 Å². The van der Waals surface area contributed by atoms with Crippen molar-refractivity contribution in [2.45, 2.75) is 6.10 Å². The molecule has 8 heteroatoms. The van der Waals surface area contributed by atoms with Crippen LogP contribution in [0.15, 0.2) is 43.1 Å². The number of fused-ring (bicyclic) bond motifs is 1. The summed E-state index contributed by atoms with van der Waals surface area (Å²) in [6, 6.07) is 5.61. The van der Waals surface area contributed by atoms with Gasteiger partial charge in [-0.3, -0.25) is 0 Å². The summed E-state index contributed by atoms with van der Waals surface area (Å²) < 4.78 is 7.60. The Morgan fingerprint density at radius 1 is 1.20 bits per heavy atom. The SMILES string of the molecule is Oc1cc(-n2ccnc2)ccc1-c1cnc(OC2[C@H]3CNC[C@@H]23)nn1. The predicted octanol–water partition coefficient (Wildman–Crippen LogP) is 1.03. The van der Waals surface area contributed by atoms with E-state index in [0.717, 1.165) is 18.8 Å². The second-order valence-electron chi connectivity index (χ2n) is 6.37. The smallest absolute Gasteiger partial charge is 0.335 e. The number of phenols is 1. The first-order valence-corrected chi connectivity index (χ1v) is 8.18. The van der Waals surface area contributed by atoms with Gasteiger partial charge in [0.25, 0.3) is 0 Å². The van der Waals surface area contributed by atoms with Crippen molar-refractivity contribution in [1.29, 1.82) is 0 Å². The topological polar surface area (TPSA) is 98.0 Å². The molecule has 3 heterocycles. The first-order valence-electron chi connectivity index (χ1n) is 8.18. The van der Waals surface area contributed by atoms with Gasteiger partial charge in [0, 0.05) is 48.9 Å². The molecule has 0 amide bonds. The second-order valence-corrected chi connectivity index (χ2v) is 6.37. The van der Waals surface area contributed by atoms with E-state index in [1.54, 1.807) is 30.9 Å². The monoisotopic (exact) mass is 336 g/mol. The van der Waals surface area contributed by atoms with E-state index in [1.165, 1.54) is 0 Å². The van der Waals surface area contributed by atoms with E-state index in [2.05, 4.69) is 25.5 Å². The van der Waals surface area contributed by atoms with Gasteiger partial charge in [0.1, 0.15) is 17.5 Å². The number of nitrogens with zero attached hydrogens (tertiary/aromatic N) is 5. The number of benzene rings is 1. The summed E-state index contributed by atoms with van der Waals surface area (Å²) >= 11 is 0. The lowest BCUT2D eigenvalue weighted by Gasteiger charge is -2.08. The first-order chi connectivity index (χ1) is 12.3. The van der Waals surface area contributed by atoms with Gasteiger partial charge in [-0.15, -0.1) is 5.10 Å². The van der Waals surface area contributed by atoms with Crippen LogP contribution < -0.4 is 10.1 Å². The molecular formula is C17H16N6O2. The Morgan fingerprint density at radius 3 is 2.76 bits per heavy atom. The molecule has 126 valence electrons. The third-order valence-corrected chi connectivity index (χ3v) is 4.85. The van der Waals surface area contributed by atoms with Gasteiger partial charge in [0.2, 0.25) is 0 Å². The number of aromatic hydroxyl groups is 1. The summed E-state index contributed by atoms with van der Waals surface area (Å²) in [4.78, 5) is 8.23. The van der Waals surface area contributed by atoms with Crippen molar-refractivity contribution in [1.82, 2.24) is 30.0 Å². The molecule has 1 aromatic carbocycles. The Morgan fingerprint density at radius 2 is 2.08 bits per heavy atom. The van der Waals surface area contributed by atoms with Crippen LogP contribution in [0.1, 0.15) is 0 Å². The molecule has 0 bridgehead atoms. The highest BCUT2D eigenvalue weighted by Crippen LogP contribution is 2.44. The van der Waals surface area contributed by atoms with Crippen molar-refractivity contribution in [3.63, 3.8) is 0 Å². The average Bonchev–Trinajstić information content (AvgIpc) is 3.10. The zero-order valence-corrected chi connectivity index (χ0v) is 13.3. The summed E-state index contributed by atoms with van der Waals surface area (Å²) in [5.41, 5.74) is 1.89. The number of aromatic nitrogens is 5. The van der Waals surface area contributed by atoms with Gasteiger partial charge >= 0.3 is 6.01 Å². The van der Waals surface area contributed by atoms with Crippen molar-refractivity contribution in [3.8, 4) is 28.7 Å². The molecule has 0 radical (unpaired) electrons. The molecule has 25 heavy (non-hydrogen) atoms. The number of hydrogen-bond donors (Lipinski definition) is 2. The molecule has 2 fully saturated rings. The standard InChI is InChI=1S/C17H16N6O2/c24-15-5-10(23-4-3-18-9-23)1-2-11(15)14-8-20-17(22-21-14)25-16-12-6-19-7-13(12)16/h1-5,8-9,12-13,16,19,24H,6-7H2/t12-,13+,16?. The highest BCUT2D eigenvalue weighted by atomic mass is 16.5. The predicted molar refractivity (Wildman–Crippen MR) is 88.3 cm³/mol. The van der Waals surface area contributed by atoms with Crippen molar-refractivity contribution in [2.75, 3.05) is 13.1 Å². The number of phenolic OH excluding ortho intramolecular Hbond substituents is 1. The van der Waals surface area contributed by atoms with Gasteiger partial charge in [0.05, 0.1) is 18.2 Å². The Kier molecular flexibility index (Phi) is 3.17. The van der Waals surface area contributed by atoms with E-state index in [-0.39, 0.29) is 17.9 Å². The van der Waals surface area contributed by atoms with Gasteiger partial charge in [0.15, 0.2) is 0 Å². The zero-order chi connectivity index (χ0) is 16.8. The fourth-order valence-corrected chi connectivity index (χ4v) is 3.41. The average molecular weight is 336 g/mol. The van der Waals surface area contributed by atoms with Crippen LogP contribution >= 0.6 is 0 Å². The summed E-state index contributed by atoms with van der Waals surface area (Å²) in [6.07, 6.45) is 6.94. The molecule has 1 saturated heterocycles. The number of imidazole rings is 1. The van der Waals surface area contributed by atoms with Crippen LogP contribution in [0.25, 0.3) is 16.9 Å². The second kappa shape index (κ2) is 5.52. The number of ether oxygens (including phenoxy) is 1. The van der Waals surface area contributed by atoms with Crippen LogP contribution in [0.2, 0.25) is 0 Å². The minimum Gasteiger partial charge on any atom is -0.507 e. The molecule has 8 nitrogen and oxygen atoms in total. The normalized spacial score (nSPS) is 24.1. The molecule has 2 aromatic heterocycles. The largest absolute Gasteiger partial charge is 0.507 e. The number of nitrogens with one attached hydrogen (secondary N) is 1. The molecule has 1 unspecified atom stereocenters.